The van der Waals surface area contributed by atoms with Crippen LogP contribution in [0.2, 0.25) is 0 Å². The lowest BCUT2D eigenvalue weighted by Crippen LogP contribution is -2.48. The van der Waals surface area contributed by atoms with Gasteiger partial charge in [0.25, 0.3) is 0 Å². The fourth-order valence-electron chi connectivity index (χ4n) is 1.95. The van der Waals surface area contributed by atoms with Crippen molar-refractivity contribution in [1.82, 2.24) is 15.1 Å². The monoisotopic (exact) mass is 257 g/mol. The predicted molar refractivity (Wildman–Crippen MR) is 72.7 cm³/mol. The molecule has 0 aliphatic carbocycles. The van der Waals surface area contributed by atoms with Crippen LogP contribution in [-0.4, -0.2) is 68.8 Å². The van der Waals surface area contributed by atoms with Crippen molar-refractivity contribution < 1.29 is 9.53 Å². The lowest BCUT2D eigenvalue weighted by atomic mass is 10.2. The van der Waals surface area contributed by atoms with E-state index < -0.39 is 0 Å². The number of hydrogen-bond donors (Lipinski definition) is 1. The van der Waals surface area contributed by atoms with Gasteiger partial charge in [-0.3, -0.25) is 0 Å². The summed E-state index contributed by atoms with van der Waals surface area (Å²) in [5.74, 6) is 0.484. The Hall–Kier alpha value is -0.810. The molecule has 2 amide bonds. The maximum Gasteiger partial charge on any atom is 0.317 e. The molecule has 0 saturated carbocycles. The van der Waals surface area contributed by atoms with Gasteiger partial charge in [0.05, 0.1) is 12.6 Å². The lowest BCUT2D eigenvalue weighted by molar-refractivity contribution is 0.171. The van der Waals surface area contributed by atoms with E-state index in [4.69, 9.17) is 4.74 Å². The molecule has 18 heavy (non-hydrogen) atoms. The molecule has 1 aliphatic rings. The molecule has 1 heterocycles. The van der Waals surface area contributed by atoms with E-state index in [1.54, 1.807) is 0 Å². The van der Waals surface area contributed by atoms with Crippen LogP contribution in [0.25, 0.3) is 0 Å². The van der Waals surface area contributed by atoms with Crippen molar-refractivity contribution in [2.45, 2.75) is 26.3 Å². The molecular weight excluding hydrogens is 230 g/mol. The van der Waals surface area contributed by atoms with E-state index in [9.17, 15) is 4.79 Å². The highest BCUT2D eigenvalue weighted by atomic mass is 16.5. The number of hydrogen-bond acceptors (Lipinski definition) is 3. The molecule has 5 heteroatoms. The summed E-state index contributed by atoms with van der Waals surface area (Å²) >= 11 is 0. The summed E-state index contributed by atoms with van der Waals surface area (Å²) in [6.07, 6.45) is 0.926. The van der Waals surface area contributed by atoms with E-state index in [1.165, 1.54) is 0 Å². The molecule has 1 aliphatic heterocycles. The van der Waals surface area contributed by atoms with Gasteiger partial charge in [0.15, 0.2) is 0 Å². The number of carbonyl (C=O) groups excluding carboxylic acids is 1. The Kier molecular flexibility index (Phi) is 6.43. The molecule has 0 bridgehead atoms. The second-order valence-electron chi connectivity index (χ2n) is 5.65. The van der Waals surface area contributed by atoms with E-state index in [1.807, 2.05) is 19.0 Å². The van der Waals surface area contributed by atoms with Crippen molar-refractivity contribution in [3.05, 3.63) is 0 Å². The van der Waals surface area contributed by atoms with E-state index in [-0.39, 0.29) is 12.1 Å². The Morgan fingerprint density at radius 2 is 2.11 bits per heavy atom. The van der Waals surface area contributed by atoms with Gasteiger partial charge in [-0.15, -0.1) is 0 Å². The number of rotatable bonds is 6. The quantitative estimate of drug-likeness (QED) is 0.772. The molecule has 0 aromatic rings. The number of amides is 2. The Bertz CT molecular complexity index is 251. The first-order chi connectivity index (χ1) is 8.49. The molecule has 1 unspecified atom stereocenters. The van der Waals surface area contributed by atoms with Crippen LogP contribution >= 0.6 is 0 Å². The molecular formula is C13H27N3O2. The van der Waals surface area contributed by atoms with Crippen molar-refractivity contribution in [3.8, 4) is 0 Å². The number of ether oxygens (including phenoxy) is 1. The Morgan fingerprint density at radius 1 is 1.39 bits per heavy atom. The van der Waals surface area contributed by atoms with Crippen LogP contribution in [0.3, 0.4) is 0 Å². The third-order valence-corrected chi connectivity index (χ3v) is 2.95. The van der Waals surface area contributed by atoms with Gasteiger partial charge in [0.2, 0.25) is 0 Å². The average Bonchev–Trinajstić information content (AvgIpc) is 2.76. The summed E-state index contributed by atoms with van der Waals surface area (Å²) in [5, 5.41) is 3.05. The molecule has 0 radical (unpaired) electrons. The minimum absolute atomic E-state index is 0.0426. The minimum atomic E-state index is 0.0426. The van der Waals surface area contributed by atoms with E-state index in [0.29, 0.717) is 12.5 Å². The van der Waals surface area contributed by atoms with E-state index in [0.717, 1.165) is 32.7 Å². The number of urea groups is 1. The normalized spacial score (nSPS) is 19.6. The fourth-order valence-corrected chi connectivity index (χ4v) is 1.95. The smallest absolute Gasteiger partial charge is 0.317 e. The van der Waals surface area contributed by atoms with Gasteiger partial charge < -0.3 is 19.9 Å². The third-order valence-electron chi connectivity index (χ3n) is 2.95. The van der Waals surface area contributed by atoms with Crippen LogP contribution in [-0.2, 0) is 4.74 Å². The largest absolute Gasteiger partial charge is 0.379 e. The van der Waals surface area contributed by atoms with Crippen LogP contribution in [0.1, 0.15) is 20.3 Å². The van der Waals surface area contributed by atoms with Gasteiger partial charge in [-0.1, -0.05) is 13.8 Å². The Morgan fingerprint density at radius 3 is 2.61 bits per heavy atom. The summed E-state index contributed by atoms with van der Waals surface area (Å²) in [6.45, 7) is 8.13. The van der Waals surface area contributed by atoms with Gasteiger partial charge >= 0.3 is 6.03 Å². The van der Waals surface area contributed by atoms with Crippen molar-refractivity contribution in [3.63, 3.8) is 0 Å². The minimum Gasteiger partial charge on any atom is -0.379 e. The molecule has 0 aromatic heterocycles. The summed E-state index contributed by atoms with van der Waals surface area (Å²) in [5.41, 5.74) is 0. The number of nitrogens with zero attached hydrogens (tertiary/aromatic N) is 2. The van der Waals surface area contributed by atoms with Crippen molar-refractivity contribution in [2.75, 3.05) is 46.9 Å². The average molecular weight is 257 g/mol. The molecule has 5 nitrogen and oxygen atoms in total. The zero-order valence-corrected chi connectivity index (χ0v) is 12.1. The second-order valence-corrected chi connectivity index (χ2v) is 5.65. The van der Waals surface area contributed by atoms with E-state index in [2.05, 4.69) is 24.1 Å². The predicted octanol–water partition coefficient (Wildman–Crippen LogP) is 1.00. The van der Waals surface area contributed by atoms with Gasteiger partial charge in [-0.25, -0.2) is 4.79 Å². The molecule has 1 saturated heterocycles. The summed E-state index contributed by atoms with van der Waals surface area (Å²) < 4.78 is 5.28. The molecule has 0 aromatic carbocycles. The Labute approximate surface area is 110 Å². The molecule has 106 valence electrons. The van der Waals surface area contributed by atoms with Crippen LogP contribution in [0, 0.1) is 5.92 Å². The van der Waals surface area contributed by atoms with Gasteiger partial charge in [0.1, 0.15) is 0 Å². The molecule has 1 fully saturated rings. The maximum atomic E-state index is 12.2. The van der Waals surface area contributed by atoms with Crippen LogP contribution in [0.15, 0.2) is 0 Å². The van der Waals surface area contributed by atoms with Gasteiger partial charge in [0, 0.05) is 26.2 Å². The third kappa shape index (κ3) is 5.69. The first kappa shape index (κ1) is 15.2. The zero-order valence-electron chi connectivity index (χ0n) is 12.1. The van der Waals surface area contributed by atoms with Crippen LogP contribution < -0.4 is 5.32 Å². The number of carbonyl (C=O) groups is 1. The maximum absolute atomic E-state index is 12.2. The molecule has 0 spiro atoms. The van der Waals surface area contributed by atoms with E-state index >= 15 is 0 Å². The summed E-state index contributed by atoms with van der Waals surface area (Å²) in [7, 11) is 4.05. The SMILES string of the molecule is CC(C)CN(CCN(C)C)C(=O)NC1CCOC1. The molecule has 1 atom stereocenters. The van der Waals surface area contributed by atoms with Crippen LogP contribution in [0.4, 0.5) is 4.79 Å². The number of nitrogens with one attached hydrogen (secondary N) is 1. The highest BCUT2D eigenvalue weighted by Gasteiger charge is 2.21. The van der Waals surface area contributed by atoms with Gasteiger partial charge in [-0.2, -0.15) is 0 Å². The summed E-state index contributed by atoms with van der Waals surface area (Å²) in [4.78, 5) is 16.2. The van der Waals surface area contributed by atoms with Crippen molar-refractivity contribution in [2.24, 2.45) is 5.92 Å². The first-order valence-corrected chi connectivity index (χ1v) is 6.77. The van der Waals surface area contributed by atoms with Gasteiger partial charge in [-0.05, 0) is 26.4 Å². The molecule has 1 rings (SSSR count). The highest BCUT2D eigenvalue weighted by molar-refractivity contribution is 5.74. The lowest BCUT2D eigenvalue weighted by Gasteiger charge is -2.27. The standard InChI is InChI=1S/C13H27N3O2/c1-11(2)9-16(7-6-15(3)4)13(17)14-12-5-8-18-10-12/h11-12H,5-10H2,1-4H3,(H,14,17). The topological polar surface area (TPSA) is 44.8 Å². The molecule has 1 N–H and O–H groups in total. The number of likely N-dealkylation sites (N-methyl/N-ethyl adjacent to an activating group) is 1. The Balaban J connectivity index is 2.43. The zero-order chi connectivity index (χ0) is 13.5. The highest BCUT2D eigenvalue weighted by Crippen LogP contribution is 2.05. The fraction of sp³-hybridized carbons (Fsp3) is 0.923. The first-order valence-electron chi connectivity index (χ1n) is 6.77. The van der Waals surface area contributed by atoms with Crippen molar-refractivity contribution in [1.29, 1.82) is 0 Å². The second kappa shape index (κ2) is 7.59. The summed E-state index contributed by atoms with van der Waals surface area (Å²) in [6, 6.07) is 0.229. The van der Waals surface area contributed by atoms with Crippen molar-refractivity contribution >= 4 is 6.03 Å². The van der Waals surface area contributed by atoms with Crippen LogP contribution in [0.5, 0.6) is 0 Å².